The summed E-state index contributed by atoms with van der Waals surface area (Å²) in [5.41, 5.74) is 2.78. The molecule has 0 fully saturated rings. The Hall–Kier alpha value is -2.86. The van der Waals surface area contributed by atoms with Crippen LogP contribution in [0.3, 0.4) is 0 Å². The summed E-state index contributed by atoms with van der Waals surface area (Å²) in [5.74, 6) is 0.143. The molecule has 3 rings (SSSR count). The minimum Gasteiger partial charge on any atom is -0.435 e. The van der Waals surface area contributed by atoms with Crippen molar-refractivity contribution >= 4 is 23.4 Å². The number of anilines is 1. The summed E-state index contributed by atoms with van der Waals surface area (Å²) < 4.78 is 28.7. The molecule has 0 radical (unpaired) electrons. The summed E-state index contributed by atoms with van der Waals surface area (Å²) in [6.07, 6.45) is 0. The number of thioether (sulfide) groups is 1. The fourth-order valence-corrected chi connectivity index (χ4v) is 3.81. The first-order valence-corrected chi connectivity index (χ1v) is 9.73. The minimum atomic E-state index is -2.87. The first-order chi connectivity index (χ1) is 13.6. The van der Waals surface area contributed by atoms with Gasteiger partial charge in [0.2, 0.25) is 5.91 Å². The maximum atomic E-state index is 12.4. The average molecular weight is 399 g/mol. The smallest absolute Gasteiger partial charge is 0.387 e. The molecule has 6 heteroatoms. The molecule has 0 spiro atoms. The van der Waals surface area contributed by atoms with Gasteiger partial charge in [-0.3, -0.25) is 4.79 Å². The van der Waals surface area contributed by atoms with Crippen molar-refractivity contribution in [1.82, 2.24) is 0 Å². The predicted molar refractivity (Wildman–Crippen MR) is 109 cm³/mol. The number of ether oxygens (including phenoxy) is 1. The number of benzene rings is 3. The lowest BCUT2D eigenvalue weighted by atomic mass is 10.0. The van der Waals surface area contributed by atoms with Gasteiger partial charge in [-0.2, -0.15) is 8.78 Å². The fraction of sp³-hybridized carbons (Fsp3) is 0.136. The van der Waals surface area contributed by atoms with Crippen molar-refractivity contribution in [3.8, 4) is 5.75 Å². The van der Waals surface area contributed by atoms with Crippen LogP contribution in [-0.2, 0) is 4.79 Å². The van der Waals surface area contributed by atoms with Crippen LogP contribution >= 0.6 is 11.8 Å². The summed E-state index contributed by atoms with van der Waals surface area (Å²) in [5, 5.41) is 2.81. The van der Waals surface area contributed by atoms with Crippen LogP contribution in [0.15, 0.2) is 84.9 Å². The molecule has 0 aromatic heterocycles. The monoisotopic (exact) mass is 399 g/mol. The maximum Gasteiger partial charge on any atom is 0.387 e. The Morgan fingerprint density at radius 2 is 1.39 bits per heavy atom. The SMILES string of the molecule is O=C(CSC(c1ccccc1)c1ccccc1)Nc1ccc(OC(F)F)cc1. The van der Waals surface area contributed by atoms with E-state index in [1.807, 2.05) is 60.7 Å². The molecule has 1 amide bonds. The van der Waals surface area contributed by atoms with Gasteiger partial charge in [-0.25, -0.2) is 0 Å². The van der Waals surface area contributed by atoms with E-state index in [0.717, 1.165) is 11.1 Å². The van der Waals surface area contributed by atoms with Gasteiger partial charge in [0.25, 0.3) is 0 Å². The molecule has 28 heavy (non-hydrogen) atoms. The molecule has 3 aromatic carbocycles. The molecule has 0 aliphatic carbocycles. The average Bonchev–Trinajstić information content (AvgIpc) is 2.71. The van der Waals surface area contributed by atoms with Gasteiger partial charge in [0, 0.05) is 5.69 Å². The van der Waals surface area contributed by atoms with Crippen LogP contribution in [-0.4, -0.2) is 18.3 Å². The van der Waals surface area contributed by atoms with Crippen molar-refractivity contribution in [1.29, 1.82) is 0 Å². The highest BCUT2D eigenvalue weighted by Gasteiger charge is 2.16. The minimum absolute atomic E-state index is 0.0370. The van der Waals surface area contributed by atoms with E-state index in [9.17, 15) is 13.6 Å². The Morgan fingerprint density at radius 1 is 0.857 bits per heavy atom. The third-order valence-electron chi connectivity index (χ3n) is 3.95. The van der Waals surface area contributed by atoms with Crippen molar-refractivity contribution in [3.63, 3.8) is 0 Å². The highest BCUT2D eigenvalue weighted by atomic mass is 32.2. The second kappa shape index (κ2) is 9.90. The Bertz CT molecular complexity index is 835. The van der Waals surface area contributed by atoms with Gasteiger partial charge in [-0.05, 0) is 35.4 Å². The largest absolute Gasteiger partial charge is 0.435 e. The van der Waals surface area contributed by atoms with Crippen molar-refractivity contribution in [2.75, 3.05) is 11.1 Å². The molecule has 0 saturated carbocycles. The zero-order valence-corrected chi connectivity index (χ0v) is 15.7. The van der Waals surface area contributed by atoms with Crippen LogP contribution in [0.2, 0.25) is 0 Å². The van der Waals surface area contributed by atoms with E-state index in [2.05, 4.69) is 10.1 Å². The Labute approximate surface area is 166 Å². The van der Waals surface area contributed by atoms with Gasteiger partial charge in [0.1, 0.15) is 5.75 Å². The molecule has 0 unspecified atom stereocenters. The van der Waals surface area contributed by atoms with Crippen LogP contribution in [0.25, 0.3) is 0 Å². The van der Waals surface area contributed by atoms with Gasteiger partial charge < -0.3 is 10.1 Å². The molecular weight excluding hydrogens is 380 g/mol. The van der Waals surface area contributed by atoms with Gasteiger partial charge >= 0.3 is 6.61 Å². The van der Waals surface area contributed by atoms with Crippen molar-refractivity contribution in [2.45, 2.75) is 11.9 Å². The number of amides is 1. The third-order valence-corrected chi connectivity index (χ3v) is 5.26. The number of nitrogens with one attached hydrogen (secondary N) is 1. The van der Waals surface area contributed by atoms with Crippen molar-refractivity contribution < 1.29 is 18.3 Å². The number of carbonyl (C=O) groups is 1. The molecule has 0 aliphatic rings. The van der Waals surface area contributed by atoms with E-state index in [-0.39, 0.29) is 22.7 Å². The summed E-state index contributed by atoms with van der Waals surface area (Å²) in [6, 6.07) is 25.9. The highest BCUT2D eigenvalue weighted by molar-refractivity contribution is 8.00. The molecule has 0 saturated heterocycles. The van der Waals surface area contributed by atoms with E-state index < -0.39 is 6.61 Å². The first kappa shape index (κ1) is 19.9. The lowest BCUT2D eigenvalue weighted by Gasteiger charge is -2.17. The zero-order chi connectivity index (χ0) is 19.8. The predicted octanol–water partition coefficient (Wildman–Crippen LogP) is 5.75. The number of rotatable bonds is 8. The summed E-state index contributed by atoms with van der Waals surface area (Å²) in [4.78, 5) is 12.4. The van der Waals surface area contributed by atoms with Crippen LogP contribution in [0.4, 0.5) is 14.5 Å². The second-order valence-corrected chi connectivity index (χ2v) is 7.06. The van der Waals surface area contributed by atoms with Gasteiger partial charge in [-0.15, -0.1) is 11.8 Å². The van der Waals surface area contributed by atoms with E-state index in [0.29, 0.717) is 5.69 Å². The standard InChI is InChI=1S/C22H19F2NO2S/c23-22(24)27-19-13-11-18(12-14-19)25-20(26)15-28-21(16-7-3-1-4-8-16)17-9-5-2-6-10-17/h1-14,21-22H,15H2,(H,25,26). The number of carbonyl (C=O) groups excluding carboxylic acids is 1. The van der Waals surface area contributed by atoms with Crippen LogP contribution in [0.1, 0.15) is 16.4 Å². The van der Waals surface area contributed by atoms with E-state index in [1.54, 1.807) is 0 Å². The molecular formula is C22H19F2NO2S. The van der Waals surface area contributed by atoms with Gasteiger partial charge in [0.15, 0.2) is 0 Å². The number of hydrogen-bond donors (Lipinski definition) is 1. The lowest BCUT2D eigenvalue weighted by Crippen LogP contribution is -2.15. The second-order valence-electron chi connectivity index (χ2n) is 5.96. The summed E-state index contributed by atoms with van der Waals surface area (Å²) in [7, 11) is 0. The van der Waals surface area contributed by atoms with E-state index in [4.69, 9.17) is 0 Å². The van der Waals surface area contributed by atoms with Crippen LogP contribution in [0.5, 0.6) is 5.75 Å². The van der Waals surface area contributed by atoms with Gasteiger partial charge in [-0.1, -0.05) is 60.7 Å². The summed E-state index contributed by atoms with van der Waals surface area (Å²) in [6.45, 7) is -2.87. The molecule has 3 nitrogen and oxygen atoms in total. The van der Waals surface area contributed by atoms with Gasteiger partial charge in [0.05, 0.1) is 11.0 Å². The third kappa shape index (κ3) is 5.82. The normalized spacial score (nSPS) is 10.9. The lowest BCUT2D eigenvalue weighted by molar-refractivity contribution is -0.113. The Balaban J connectivity index is 1.62. The molecule has 144 valence electrons. The maximum absolute atomic E-state index is 12.4. The molecule has 3 aromatic rings. The Kier molecular flexibility index (Phi) is 7.03. The van der Waals surface area contributed by atoms with Crippen LogP contribution in [0, 0.1) is 0 Å². The molecule has 0 aliphatic heterocycles. The zero-order valence-electron chi connectivity index (χ0n) is 14.9. The van der Waals surface area contributed by atoms with Crippen LogP contribution < -0.4 is 10.1 Å². The molecule has 0 heterocycles. The molecule has 1 N–H and O–H groups in total. The topological polar surface area (TPSA) is 38.3 Å². The fourth-order valence-electron chi connectivity index (χ4n) is 2.72. The molecule has 0 atom stereocenters. The number of halogens is 2. The summed E-state index contributed by atoms with van der Waals surface area (Å²) >= 11 is 1.53. The van der Waals surface area contributed by atoms with E-state index in [1.165, 1.54) is 36.0 Å². The molecule has 0 bridgehead atoms. The van der Waals surface area contributed by atoms with Crippen molar-refractivity contribution in [2.24, 2.45) is 0 Å². The Morgan fingerprint density at radius 3 is 1.89 bits per heavy atom. The number of alkyl halides is 2. The van der Waals surface area contributed by atoms with E-state index >= 15 is 0 Å². The number of hydrogen-bond acceptors (Lipinski definition) is 3. The quantitative estimate of drug-likeness (QED) is 0.524. The highest BCUT2D eigenvalue weighted by Crippen LogP contribution is 2.35. The first-order valence-electron chi connectivity index (χ1n) is 8.68. The van der Waals surface area contributed by atoms with Crippen molar-refractivity contribution in [3.05, 3.63) is 96.1 Å².